The monoisotopic (exact) mass is 217 g/mol. The highest BCUT2D eigenvalue weighted by Crippen LogP contribution is 2.14. The first-order valence-corrected chi connectivity index (χ1v) is 4.90. The molecular weight excluding hydrogens is 198 g/mol. The van der Waals surface area contributed by atoms with Gasteiger partial charge in [0, 0.05) is 7.11 Å². The lowest BCUT2D eigenvalue weighted by Crippen LogP contribution is -2.30. The molecule has 0 aromatic rings. The van der Waals surface area contributed by atoms with Gasteiger partial charge in [-0.25, -0.2) is 4.79 Å². The van der Waals surface area contributed by atoms with Crippen LogP contribution >= 0.6 is 0 Å². The predicted molar refractivity (Wildman–Crippen MR) is 55.8 cm³/mol. The van der Waals surface area contributed by atoms with Crippen LogP contribution in [-0.4, -0.2) is 55.1 Å². The lowest BCUT2D eigenvalue weighted by Gasteiger charge is -2.14. The number of likely N-dealkylation sites (tertiary alicyclic amines) is 1. The molecule has 1 atom stereocenters. The van der Waals surface area contributed by atoms with Gasteiger partial charge in [-0.05, 0) is 33.4 Å². The van der Waals surface area contributed by atoms with Gasteiger partial charge in [0.1, 0.15) is 12.4 Å². The van der Waals surface area contributed by atoms with E-state index in [-0.39, 0.29) is 12.6 Å². The Morgan fingerprint density at radius 1 is 1.53 bits per heavy atom. The maximum absolute atomic E-state index is 10.8. The van der Waals surface area contributed by atoms with Crippen LogP contribution in [0.15, 0.2) is 0 Å². The van der Waals surface area contributed by atoms with E-state index in [1.807, 2.05) is 7.05 Å². The molecule has 1 N–H and O–H groups in total. The standard InChI is InChI=1S/C7H13NO.C3H6O3/c1-6(9)7-4-3-5-8(7)2;1-6-2-3(4)5/h7H,3-5H2,1-2H3;2H2,1H3,(H,4,5). The van der Waals surface area contributed by atoms with Gasteiger partial charge in [-0.15, -0.1) is 0 Å². The fraction of sp³-hybridized carbons (Fsp3) is 0.800. The summed E-state index contributed by atoms with van der Waals surface area (Å²) in [6, 6.07) is 0.227. The number of carboxylic acids is 1. The van der Waals surface area contributed by atoms with Crippen LogP contribution in [0.25, 0.3) is 0 Å². The number of carboxylic acid groups (broad SMARTS) is 1. The lowest BCUT2D eigenvalue weighted by atomic mass is 10.1. The lowest BCUT2D eigenvalue weighted by molar-refractivity contribution is -0.141. The largest absolute Gasteiger partial charge is 0.480 e. The van der Waals surface area contributed by atoms with E-state index < -0.39 is 5.97 Å². The van der Waals surface area contributed by atoms with Gasteiger partial charge < -0.3 is 9.84 Å². The van der Waals surface area contributed by atoms with Crippen molar-refractivity contribution in [3.63, 3.8) is 0 Å². The molecule has 1 fully saturated rings. The van der Waals surface area contributed by atoms with Crippen molar-refractivity contribution in [2.45, 2.75) is 25.8 Å². The third kappa shape index (κ3) is 6.19. The summed E-state index contributed by atoms with van der Waals surface area (Å²) in [5.41, 5.74) is 0. The predicted octanol–water partition coefficient (Wildman–Crippen LogP) is 0.387. The Kier molecular flexibility index (Phi) is 6.90. The summed E-state index contributed by atoms with van der Waals surface area (Å²) in [6.07, 6.45) is 2.24. The highest BCUT2D eigenvalue weighted by molar-refractivity contribution is 5.81. The number of ether oxygens (including phenoxy) is 1. The maximum Gasteiger partial charge on any atom is 0.329 e. The molecule has 5 heteroatoms. The molecule has 0 bridgehead atoms. The molecule has 0 spiro atoms. The molecule has 1 aliphatic rings. The second-order valence-corrected chi connectivity index (χ2v) is 3.58. The number of carbonyl (C=O) groups is 2. The summed E-state index contributed by atoms with van der Waals surface area (Å²) in [4.78, 5) is 22.4. The third-order valence-electron chi connectivity index (χ3n) is 2.26. The third-order valence-corrected chi connectivity index (χ3v) is 2.26. The van der Waals surface area contributed by atoms with Crippen molar-refractivity contribution < 1.29 is 19.4 Å². The summed E-state index contributed by atoms with van der Waals surface area (Å²) in [7, 11) is 3.35. The highest BCUT2D eigenvalue weighted by Gasteiger charge is 2.23. The number of Topliss-reactive ketones (excluding diaryl/α,β-unsaturated/α-hetero) is 1. The summed E-state index contributed by atoms with van der Waals surface area (Å²) in [5.74, 6) is -0.618. The van der Waals surface area contributed by atoms with Crippen LogP contribution in [0.5, 0.6) is 0 Å². The van der Waals surface area contributed by atoms with E-state index in [4.69, 9.17) is 5.11 Å². The Bertz CT molecular complexity index is 217. The molecule has 0 aliphatic carbocycles. The van der Waals surface area contributed by atoms with Gasteiger partial charge in [-0.2, -0.15) is 0 Å². The second-order valence-electron chi connectivity index (χ2n) is 3.58. The highest BCUT2D eigenvalue weighted by atomic mass is 16.5. The summed E-state index contributed by atoms with van der Waals surface area (Å²) >= 11 is 0. The van der Waals surface area contributed by atoms with E-state index in [0.29, 0.717) is 5.78 Å². The number of aliphatic carboxylic acids is 1. The van der Waals surface area contributed by atoms with Crippen LogP contribution in [0.2, 0.25) is 0 Å². The number of likely N-dealkylation sites (N-methyl/N-ethyl adjacent to an activating group) is 1. The average molecular weight is 217 g/mol. The smallest absolute Gasteiger partial charge is 0.329 e. The molecular formula is C10H19NO4. The van der Waals surface area contributed by atoms with Crippen LogP contribution in [0.4, 0.5) is 0 Å². The Hall–Kier alpha value is -0.940. The van der Waals surface area contributed by atoms with Gasteiger partial charge in [0.15, 0.2) is 0 Å². The quantitative estimate of drug-likeness (QED) is 0.740. The zero-order chi connectivity index (χ0) is 11.8. The zero-order valence-electron chi connectivity index (χ0n) is 9.52. The van der Waals surface area contributed by atoms with E-state index in [0.717, 1.165) is 13.0 Å². The van der Waals surface area contributed by atoms with Crippen LogP contribution in [-0.2, 0) is 14.3 Å². The molecule has 1 rings (SSSR count). The van der Waals surface area contributed by atoms with E-state index in [1.54, 1.807) is 6.92 Å². The maximum atomic E-state index is 10.8. The average Bonchev–Trinajstić information content (AvgIpc) is 2.52. The number of hydrogen-bond acceptors (Lipinski definition) is 4. The molecule has 0 aromatic heterocycles. The Morgan fingerprint density at radius 3 is 2.27 bits per heavy atom. The van der Waals surface area contributed by atoms with Gasteiger partial charge in [-0.3, -0.25) is 9.69 Å². The van der Waals surface area contributed by atoms with Crippen molar-refractivity contribution in [1.29, 1.82) is 0 Å². The number of methoxy groups -OCH3 is 1. The molecule has 0 aromatic carbocycles. The summed E-state index contributed by atoms with van der Waals surface area (Å²) in [6.45, 7) is 2.55. The van der Waals surface area contributed by atoms with Crippen LogP contribution in [0.3, 0.4) is 0 Å². The van der Waals surface area contributed by atoms with Crippen molar-refractivity contribution in [2.24, 2.45) is 0 Å². The molecule has 5 nitrogen and oxygen atoms in total. The van der Waals surface area contributed by atoms with E-state index in [9.17, 15) is 9.59 Å². The Labute approximate surface area is 90.0 Å². The van der Waals surface area contributed by atoms with Crippen molar-refractivity contribution >= 4 is 11.8 Å². The minimum absolute atomic E-state index is 0.208. The number of carbonyl (C=O) groups excluding carboxylic acids is 1. The first-order valence-electron chi connectivity index (χ1n) is 4.90. The molecule has 0 amide bonds. The molecule has 1 heterocycles. The first-order chi connectivity index (χ1) is 6.99. The van der Waals surface area contributed by atoms with Gasteiger partial charge in [-0.1, -0.05) is 0 Å². The molecule has 1 saturated heterocycles. The van der Waals surface area contributed by atoms with Crippen molar-refractivity contribution in [1.82, 2.24) is 4.90 Å². The summed E-state index contributed by atoms with van der Waals surface area (Å²) in [5, 5.41) is 7.79. The second kappa shape index (κ2) is 7.36. The van der Waals surface area contributed by atoms with Crippen LogP contribution < -0.4 is 0 Å². The molecule has 15 heavy (non-hydrogen) atoms. The fourth-order valence-electron chi connectivity index (χ4n) is 1.55. The Balaban J connectivity index is 0.000000288. The molecule has 88 valence electrons. The van der Waals surface area contributed by atoms with E-state index in [2.05, 4.69) is 9.64 Å². The van der Waals surface area contributed by atoms with Gasteiger partial charge >= 0.3 is 5.97 Å². The van der Waals surface area contributed by atoms with Gasteiger partial charge in [0.05, 0.1) is 6.04 Å². The molecule has 1 aliphatic heterocycles. The zero-order valence-corrected chi connectivity index (χ0v) is 9.52. The summed E-state index contributed by atoms with van der Waals surface area (Å²) < 4.78 is 4.20. The SMILES string of the molecule is CC(=O)C1CCCN1C.COCC(=O)O. The number of nitrogens with zero attached hydrogens (tertiary/aromatic N) is 1. The number of ketones is 1. The molecule has 1 unspecified atom stereocenters. The van der Waals surface area contributed by atoms with Crippen molar-refractivity contribution in [3.8, 4) is 0 Å². The van der Waals surface area contributed by atoms with Crippen LogP contribution in [0, 0.1) is 0 Å². The van der Waals surface area contributed by atoms with Crippen molar-refractivity contribution in [2.75, 3.05) is 27.3 Å². The minimum atomic E-state index is -0.933. The van der Waals surface area contributed by atoms with Crippen LogP contribution in [0.1, 0.15) is 19.8 Å². The van der Waals surface area contributed by atoms with Crippen molar-refractivity contribution in [3.05, 3.63) is 0 Å². The first kappa shape index (κ1) is 14.1. The van der Waals surface area contributed by atoms with E-state index in [1.165, 1.54) is 13.5 Å². The minimum Gasteiger partial charge on any atom is -0.480 e. The molecule has 0 radical (unpaired) electrons. The van der Waals surface area contributed by atoms with Gasteiger partial charge in [0.2, 0.25) is 0 Å². The topological polar surface area (TPSA) is 66.8 Å². The van der Waals surface area contributed by atoms with Gasteiger partial charge in [0.25, 0.3) is 0 Å². The normalized spacial score (nSPS) is 20.6. The Morgan fingerprint density at radius 2 is 2.13 bits per heavy atom. The fourth-order valence-corrected chi connectivity index (χ4v) is 1.55. The number of rotatable bonds is 3. The number of hydrogen-bond donors (Lipinski definition) is 1. The molecule has 0 saturated carbocycles. The van der Waals surface area contributed by atoms with E-state index >= 15 is 0 Å².